The van der Waals surface area contributed by atoms with Gasteiger partial charge in [0, 0.05) is 0 Å². The Hall–Kier alpha value is -1.43. The summed E-state index contributed by atoms with van der Waals surface area (Å²) in [6.07, 6.45) is 0.00694. The zero-order valence-electron chi connectivity index (χ0n) is 5.89. The summed E-state index contributed by atoms with van der Waals surface area (Å²) >= 11 is 0. The number of guanidine groups is 1. The zero-order valence-corrected chi connectivity index (χ0v) is 5.89. The average Bonchev–Trinajstić information content (AvgIpc) is 2.34. The van der Waals surface area contributed by atoms with Crippen LogP contribution < -0.4 is 27.4 Å². The molecule has 2 aliphatic heterocycles. The maximum atomic E-state index is 5.58. The molecular weight excluding hydrogens is 144 g/mol. The third-order valence-electron chi connectivity index (χ3n) is 1.68. The summed E-state index contributed by atoms with van der Waals surface area (Å²) in [6, 6.07) is 0. The molecular formula is C5H10N6. The first-order chi connectivity index (χ1) is 5.27. The molecule has 2 rings (SSSR count). The van der Waals surface area contributed by atoms with Gasteiger partial charge in [-0.25, -0.2) is 0 Å². The zero-order chi connectivity index (χ0) is 7.84. The third-order valence-corrected chi connectivity index (χ3v) is 1.68. The Balaban J connectivity index is 2.34. The molecule has 1 saturated heterocycles. The minimum atomic E-state index is 0.00694. The Morgan fingerprint density at radius 3 is 3.09 bits per heavy atom. The van der Waals surface area contributed by atoms with Crippen molar-refractivity contribution < 1.29 is 0 Å². The van der Waals surface area contributed by atoms with E-state index >= 15 is 0 Å². The van der Waals surface area contributed by atoms with Gasteiger partial charge in [-0.05, 0) is 0 Å². The van der Waals surface area contributed by atoms with Gasteiger partial charge < -0.3 is 22.1 Å². The first kappa shape index (κ1) is 6.29. The lowest BCUT2D eigenvalue weighted by Gasteiger charge is -2.19. The number of nitrogens with zero attached hydrogens (tertiary/aromatic N) is 1. The van der Waals surface area contributed by atoms with Crippen molar-refractivity contribution in [2.45, 2.75) is 6.17 Å². The second-order valence-electron chi connectivity index (χ2n) is 2.43. The molecule has 0 amide bonds. The molecule has 0 aromatic carbocycles. The lowest BCUT2D eigenvalue weighted by molar-refractivity contribution is 0.614. The van der Waals surface area contributed by atoms with Gasteiger partial charge in [0.15, 0.2) is 5.96 Å². The SMILES string of the molecule is NC1=NC(N)=C2NCNC2N1. The van der Waals surface area contributed by atoms with Crippen LogP contribution >= 0.6 is 0 Å². The van der Waals surface area contributed by atoms with Crippen LogP contribution in [0.1, 0.15) is 0 Å². The smallest absolute Gasteiger partial charge is 0.196 e. The molecule has 1 unspecified atom stereocenters. The molecule has 0 aromatic heterocycles. The van der Waals surface area contributed by atoms with E-state index in [1.807, 2.05) is 0 Å². The van der Waals surface area contributed by atoms with E-state index in [9.17, 15) is 0 Å². The van der Waals surface area contributed by atoms with Crippen LogP contribution in [0.2, 0.25) is 0 Å². The van der Waals surface area contributed by atoms with Gasteiger partial charge in [-0.2, -0.15) is 4.99 Å². The van der Waals surface area contributed by atoms with Gasteiger partial charge >= 0.3 is 0 Å². The summed E-state index contributed by atoms with van der Waals surface area (Å²) in [6.45, 7) is 0.691. The highest BCUT2D eigenvalue weighted by Gasteiger charge is 2.25. The van der Waals surface area contributed by atoms with Crippen molar-refractivity contribution in [1.29, 1.82) is 0 Å². The Kier molecular flexibility index (Phi) is 1.16. The molecule has 0 bridgehead atoms. The van der Waals surface area contributed by atoms with Gasteiger partial charge in [0.25, 0.3) is 0 Å². The number of hydrogen-bond acceptors (Lipinski definition) is 6. The van der Waals surface area contributed by atoms with Gasteiger partial charge in [0.2, 0.25) is 0 Å². The van der Waals surface area contributed by atoms with Gasteiger partial charge in [-0.3, -0.25) is 5.32 Å². The first-order valence-electron chi connectivity index (χ1n) is 3.35. The van der Waals surface area contributed by atoms with Crippen molar-refractivity contribution in [3.05, 3.63) is 11.5 Å². The lowest BCUT2D eigenvalue weighted by atomic mass is 10.3. The summed E-state index contributed by atoms with van der Waals surface area (Å²) in [5, 5.41) is 9.07. The highest BCUT2D eigenvalue weighted by molar-refractivity contribution is 5.80. The maximum absolute atomic E-state index is 5.58. The van der Waals surface area contributed by atoms with Crippen molar-refractivity contribution in [2.75, 3.05) is 6.67 Å². The molecule has 0 radical (unpaired) electrons. The van der Waals surface area contributed by atoms with Gasteiger partial charge in [0.1, 0.15) is 12.0 Å². The van der Waals surface area contributed by atoms with Gasteiger partial charge in [-0.15, -0.1) is 0 Å². The Bertz CT molecular complexity index is 241. The summed E-state index contributed by atoms with van der Waals surface area (Å²) in [5.74, 6) is 0.809. The molecule has 6 heteroatoms. The summed E-state index contributed by atoms with van der Waals surface area (Å²) in [5.41, 5.74) is 11.9. The molecule has 11 heavy (non-hydrogen) atoms. The predicted molar refractivity (Wildman–Crippen MR) is 40.9 cm³/mol. The van der Waals surface area contributed by atoms with Crippen LogP contribution in [0.4, 0.5) is 0 Å². The number of hydrogen-bond donors (Lipinski definition) is 5. The fraction of sp³-hybridized carbons (Fsp3) is 0.400. The van der Waals surface area contributed by atoms with E-state index in [1.165, 1.54) is 0 Å². The maximum Gasteiger partial charge on any atom is 0.196 e. The number of rotatable bonds is 0. The molecule has 1 atom stereocenters. The van der Waals surface area contributed by atoms with E-state index in [4.69, 9.17) is 11.5 Å². The highest BCUT2D eigenvalue weighted by Crippen LogP contribution is 2.08. The molecule has 1 fully saturated rings. The first-order valence-corrected chi connectivity index (χ1v) is 3.35. The van der Waals surface area contributed by atoms with Crippen molar-refractivity contribution in [3.8, 4) is 0 Å². The quantitative estimate of drug-likeness (QED) is 0.266. The van der Waals surface area contributed by atoms with Crippen LogP contribution in [-0.2, 0) is 0 Å². The summed E-state index contributed by atoms with van der Waals surface area (Å²) in [4.78, 5) is 3.86. The second kappa shape index (κ2) is 2.03. The fourth-order valence-electron chi connectivity index (χ4n) is 1.18. The standard InChI is InChI=1S/C5H10N6/c6-3-2-4(9-1-8-2)11-5(7)10-3/h4,8-9H,1,6H2,(H3,7,10,11). The van der Waals surface area contributed by atoms with E-state index in [0.717, 1.165) is 5.70 Å². The van der Waals surface area contributed by atoms with E-state index in [2.05, 4.69) is 20.9 Å². The van der Waals surface area contributed by atoms with Crippen molar-refractivity contribution in [1.82, 2.24) is 16.0 Å². The van der Waals surface area contributed by atoms with Crippen LogP contribution in [0.15, 0.2) is 16.5 Å². The van der Waals surface area contributed by atoms with Crippen LogP contribution in [0, 0.1) is 0 Å². The number of nitrogens with two attached hydrogens (primary N) is 2. The molecule has 0 aromatic rings. The van der Waals surface area contributed by atoms with Crippen molar-refractivity contribution in [2.24, 2.45) is 16.5 Å². The highest BCUT2D eigenvalue weighted by atomic mass is 15.3. The van der Waals surface area contributed by atoms with E-state index in [-0.39, 0.29) is 6.17 Å². The number of aliphatic imine (C=N–C) groups is 1. The average molecular weight is 154 g/mol. The lowest BCUT2D eigenvalue weighted by Crippen LogP contribution is -2.49. The topological polar surface area (TPSA) is 100 Å². The molecule has 2 aliphatic rings. The summed E-state index contributed by atoms with van der Waals surface area (Å²) < 4.78 is 0. The Morgan fingerprint density at radius 2 is 2.27 bits per heavy atom. The predicted octanol–water partition coefficient (Wildman–Crippen LogP) is -2.49. The monoisotopic (exact) mass is 154 g/mol. The van der Waals surface area contributed by atoms with Gasteiger partial charge in [-0.1, -0.05) is 0 Å². The number of fused-ring (bicyclic) bond motifs is 1. The van der Waals surface area contributed by atoms with Crippen LogP contribution in [0.3, 0.4) is 0 Å². The van der Waals surface area contributed by atoms with E-state index < -0.39 is 0 Å². The third kappa shape index (κ3) is 0.874. The normalized spacial score (nSPS) is 28.7. The van der Waals surface area contributed by atoms with Crippen LogP contribution in [-0.4, -0.2) is 18.8 Å². The molecule has 0 spiro atoms. The fourth-order valence-corrected chi connectivity index (χ4v) is 1.18. The summed E-state index contributed by atoms with van der Waals surface area (Å²) in [7, 11) is 0. The Morgan fingerprint density at radius 1 is 1.45 bits per heavy atom. The Labute approximate surface area is 63.7 Å². The molecule has 0 aliphatic carbocycles. The largest absolute Gasteiger partial charge is 0.382 e. The molecule has 7 N–H and O–H groups in total. The molecule has 0 saturated carbocycles. The minimum Gasteiger partial charge on any atom is -0.382 e. The van der Waals surface area contributed by atoms with E-state index in [0.29, 0.717) is 18.4 Å². The second-order valence-corrected chi connectivity index (χ2v) is 2.43. The van der Waals surface area contributed by atoms with Crippen LogP contribution in [0.5, 0.6) is 0 Å². The molecule has 6 nitrogen and oxygen atoms in total. The van der Waals surface area contributed by atoms with Gasteiger partial charge in [0.05, 0.1) is 12.4 Å². The van der Waals surface area contributed by atoms with E-state index in [1.54, 1.807) is 0 Å². The van der Waals surface area contributed by atoms with Crippen molar-refractivity contribution >= 4 is 5.96 Å². The minimum absolute atomic E-state index is 0.00694. The van der Waals surface area contributed by atoms with Crippen LogP contribution in [0.25, 0.3) is 0 Å². The molecule has 60 valence electrons. The number of nitrogens with one attached hydrogen (secondary N) is 3. The molecule has 2 heterocycles. The van der Waals surface area contributed by atoms with Crippen molar-refractivity contribution in [3.63, 3.8) is 0 Å².